The maximum absolute atomic E-state index is 4.13. The molecule has 0 amide bonds. The molecule has 0 atom stereocenters. The van der Waals surface area contributed by atoms with E-state index in [1.54, 1.807) is 17.3 Å². The molecule has 0 aliphatic heterocycles. The van der Waals surface area contributed by atoms with Gasteiger partial charge < -0.3 is 5.32 Å². The third-order valence-electron chi connectivity index (χ3n) is 2.82. The highest BCUT2D eigenvalue weighted by Crippen LogP contribution is 2.14. The number of nitrogens with zero attached hydrogens (tertiary/aromatic N) is 3. The van der Waals surface area contributed by atoms with Crippen LogP contribution in [0, 0.1) is 6.92 Å². The molecule has 0 saturated carbocycles. The highest BCUT2D eigenvalue weighted by molar-refractivity contribution is 5.39. The lowest BCUT2D eigenvalue weighted by molar-refractivity contribution is 0.424. The van der Waals surface area contributed by atoms with Crippen molar-refractivity contribution in [2.75, 3.05) is 0 Å². The van der Waals surface area contributed by atoms with Crippen LogP contribution in [-0.4, -0.2) is 20.3 Å². The van der Waals surface area contributed by atoms with Crippen LogP contribution in [0.2, 0.25) is 0 Å². The first kappa shape index (κ1) is 12.8. The lowest BCUT2D eigenvalue weighted by atomic mass is 10.0. The molecule has 4 heteroatoms. The Morgan fingerprint density at radius 3 is 2.61 bits per heavy atom. The minimum absolute atomic E-state index is 0.136. The molecule has 0 aliphatic carbocycles. The highest BCUT2D eigenvalue weighted by Gasteiger charge is 2.09. The number of hydrogen-bond donors (Lipinski definition) is 1. The van der Waals surface area contributed by atoms with E-state index in [-0.39, 0.29) is 5.54 Å². The second-order valence-electron chi connectivity index (χ2n) is 5.55. The van der Waals surface area contributed by atoms with Gasteiger partial charge in [-0.05, 0) is 51.0 Å². The summed E-state index contributed by atoms with van der Waals surface area (Å²) in [7, 11) is 0. The Morgan fingerprint density at radius 1 is 1.28 bits per heavy atom. The lowest BCUT2D eigenvalue weighted by Crippen LogP contribution is -2.35. The summed E-state index contributed by atoms with van der Waals surface area (Å²) in [5.74, 6) is 0. The summed E-state index contributed by atoms with van der Waals surface area (Å²) in [4.78, 5) is 3.96. The first-order chi connectivity index (χ1) is 8.46. The van der Waals surface area contributed by atoms with E-state index in [4.69, 9.17) is 0 Å². The number of nitrogens with one attached hydrogen (secondary N) is 1. The summed E-state index contributed by atoms with van der Waals surface area (Å²) in [5.41, 5.74) is 3.76. The van der Waals surface area contributed by atoms with Crippen LogP contribution >= 0.6 is 0 Å². The van der Waals surface area contributed by atoms with Gasteiger partial charge in [0, 0.05) is 12.1 Å². The minimum atomic E-state index is 0.136. The fourth-order valence-corrected chi connectivity index (χ4v) is 1.72. The summed E-state index contributed by atoms with van der Waals surface area (Å²) in [6.07, 6.45) is 3.26. The molecular weight excluding hydrogens is 224 g/mol. The molecule has 0 aliphatic rings. The number of hydrogen-bond acceptors (Lipinski definition) is 3. The average molecular weight is 244 g/mol. The van der Waals surface area contributed by atoms with Crippen LogP contribution in [0.4, 0.5) is 0 Å². The van der Waals surface area contributed by atoms with E-state index in [0.29, 0.717) is 0 Å². The van der Waals surface area contributed by atoms with Crippen LogP contribution in [0.15, 0.2) is 30.9 Å². The van der Waals surface area contributed by atoms with Gasteiger partial charge >= 0.3 is 0 Å². The molecule has 0 fully saturated rings. The van der Waals surface area contributed by atoms with Crippen molar-refractivity contribution >= 4 is 0 Å². The van der Waals surface area contributed by atoms with Crippen LogP contribution in [0.3, 0.4) is 0 Å². The van der Waals surface area contributed by atoms with E-state index >= 15 is 0 Å². The van der Waals surface area contributed by atoms with Gasteiger partial charge in [0.05, 0.1) is 5.69 Å². The van der Waals surface area contributed by atoms with Crippen molar-refractivity contribution in [3.05, 3.63) is 42.0 Å². The summed E-state index contributed by atoms with van der Waals surface area (Å²) in [6, 6.07) is 6.35. The zero-order valence-corrected chi connectivity index (χ0v) is 11.4. The third kappa shape index (κ3) is 3.17. The van der Waals surface area contributed by atoms with Gasteiger partial charge in [-0.2, -0.15) is 5.10 Å². The van der Waals surface area contributed by atoms with Crippen LogP contribution < -0.4 is 5.32 Å². The van der Waals surface area contributed by atoms with E-state index in [2.05, 4.69) is 61.3 Å². The Bertz CT molecular complexity index is 509. The summed E-state index contributed by atoms with van der Waals surface area (Å²) >= 11 is 0. The van der Waals surface area contributed by atoms with Gasteiger partial charge in [-0.1, -0.05) is 6.07 Å². The molecule has 0 saturated heterocycles. The van der Waals surface area contributed by atoms with Crippen LogP contribution in [0.5, 0.6) is 0 Å². The topological polar surface area (TPSA) is 42.7 Å². The van der Waals surface area contributed by atoms with E-state index in [9.17, 15) is 0 Å². The molecule has 4 nitrogen and oxygen atoms in total. The molecule has 0 spiro atoms. The molecule has 2 aromatic rings. The Balaban J connectivity index is 2.16. The van der Waals surface area contributed by atoms with Crippen molar-refractivity contribution < 1.29 is 0 Å². The van der Waals surface area contributed by atoms with Gasteiger partial charge in [-0.25, -0.2) is 9.67 Å². The van der Waals surface area contributed by atoms with Crippen molar-refractivity contribution in [3.63, 3.8) is 0 Å². The molecule has 1 aromatic carbocycles. The van der Waals surface area contributed by atoms with Gasteiger partial charge in [0.25, 0.3) is 0 Å². The van der Waals surface area contributed by atoms with E-state index < -0.39 is 0 Å². The molecule has 0 bridgehead atoms. The Labute approximate surface area is 108 Å². The molecule has 0 unspecified atom stereocenters. The summed E-state index contributed by atoms with van der Waals surface area (Å²) in [6.45, 7) is 9.53. The molecule has 0 radical (unpaired) electrons. The Hall–Kier alpha value is -1.68. The first-order valence-corrected chi connectivity index (χ1v) is 6.15. The number of aryl methyl sites for hydroxylation is 1. The smallest absolute Gasteiger partial charge is 0.138 e. The van der Waals surface area contributed by atoms with Gasteiger partial charge in [-0.3, -0.25) is 0 Å². The average Bonchev–Trinajstić information content (AvgIpc) is 2.79. The molecular formula is C14H20N4. The summed E-state index contributed by atoms with van der Waals surface area (Å²) in [5, 5.41) is 7.63. The summed E-state index contributed by atoms with van der Waals surface area (Å²) < 4.78 is 1.77. The fraction of sp³-hybridized carbons (Fsp3) is 0.429. The second-order valence-corrected chi connectivity index (χ2v) is 5.55. The largest absolute Gasteiger partial charge is 0.308 e. The fourth-order valence-electron chi connectivity index (χ4n) is 1.72. The monoisotopic (exact) mass is 244 g/mol. The number of rotatable bonds is 3. The van der Waals surface area contributed by atoms with Gasteiger partial charge in [-0.15, -0.1) is 0 Å². The van der Waals surface area contributed by atoms with Gasteiger partial charge in [0.1, 0.15) is 12.7 Å². The predicted octanol–water partition coefficient (Wildman–Crippen LogP) is 2.46. The van der Waals surface area contributed by atoms with Gasteiger partial charge in [0.15, 0.2) is 0 Å². The highest BCUT2D eigenvalue weighted by atomic mass is 15.3. The predicted molar refractivity (Wildman–Crippen MR) is 72.7 cm³/mol. The quantitative estimate of drug-likeness (QED) is 0.902. The molecule has 18 heavy (non-hydrogen) atoms. The van der Waals surface area contributed by atoms with E-state index in [1.807, 2.05) is 0 Å². The van der Waals surface area contributed by atoms with Crippen LogP contribution in [-0.2, 0) is 6.54 Å². The minimum Gasteiger partial charge on any atom is -0.308 e. The van der Waals surface area contributed by atoms with E-state index in [1.165, 1.54) is 11.1 Å². The Kier molecular flexibility index (Phi) is 3.48. The third-order valence-corrected chi connectivity index (χ3v) is 2.82. The number of aromatic nitrogens is 3. The normalized spacial score (nSPS) is 11.8. The van der Waals surface area contributed by atoms with E-state index in [0.717, 1.165) is 12.2 Å². The van der Waals surface area contributed by atoms with Crippen molar-refractivity contribution in [2.45, 2.75) is 39.8 Å². The van der Waals surface area contributed by atoms with Crippen LogP contribution in [0.25, 0.3) is 5.69 Å². The Morgan fingerprint density at radius 2 is 2.06 bits per heavy atom. The van der Waals surface area contributed by atoms with Crippen LogP contribution in [0.1, 0.15) is 31.9 Å². The van der Waals surface area contributed by atoms with Gasteiger partial charge in [0.2, 0.25) is 0 Å². The van der Waals surface area contributed by atoms with Crippen molar-refractivity contribution in [2.24, 2.45) is 0 Å². The lowest BCUT2D eigenvalue weighted by Gasteiger charge is -2.21. The second kappa shape index (κ2) is 4.90. The standard InChI is InChI=1S/C14H20N4/c1-11-7-13(18-10-15-9-17-18)6-5-12(11)8-16-14(2,3)4/h5-7,9-10,16H,8H2,1-4H3. The SMILES string of the molecule is Cc1cc(-n2cncn2)ccc1CNC(C)(C)C. The molecule has 1 heterocycles. The molecule has 1 N–H and O–H groups in total. The molecule has 1 aromatic heterocycles. The maximum Gasteiger partial charge on any atom is 0.138 e. The van der Waals surface area contributed by atoms with Crippen molar-refractivity contribution in [1.29, 1.82) is 0 Å². The zero-order chi connectivity index (χ0) is 13.2. The maximum atomic E-state index is 4.13. The first-order valence-electron chi connectivity index (χ1n) is 6.15. The zero-order valence-electron chi connectivity index (χ0n) is 11.4. The number of benzene rings is 1. The molecule has 2 rings (SSSR count). The van der Waals surface area contributed by atoms with Crippen molar-refractivity contribution in [1.82, 2.24) is 20.1 Å². The van der Waals surface area contributed by atoms with Crippen molar-refractivity contribution in [3.8, 4) is 5.69 Å². The molecule has 96 valence electrons.